The molecule has 2 N–H and O–H groups in total. The molecular formula is C18H24N4O4. The van der Waals surface area contributed by atoms with E-state index in [0.29, 0.717) is 6.54 Å². The number of carbonyl (C=O) groups excluding carboxylic acids is 1. The lowest BCUT2D eigenvalue weighted by atomic mass is 9.90. The predicted octanol–water partition coefficient (Wildman–Crippen LogP) is 0.755. The van der Waals surface area contributed by atoms with Crippen molar-refractivity contribution in [2.24, 2.45) is 7.05 Å². The van der Waals surface area contributed by atoms with Gasteiger partial charge in [0.05, 0.1) is 23.2 Å². The maximum Gasteiger partial charge on any atom is 0.290 e. The molecule has 0 unspecified atom stereocenters. The highest BCUT2D eigenvalue weighted by Gasteiger charge is 2.39. The summed E-state index contributed by atoms with van der Waals surface area (Å²) in [5.41, 5.74) is 2.07. The molecule has 1 aromatic carbocycles. The van der Waals surface area contributed by atoms with E-state index in [1.165, 1.54) is 5.52 Å². The number of hydrogen-bond donors (Lipinski definition) is 2. The number of carbonyl (C=O) groups is 2. The maximum absolute atomic E-state index is 11.3. The van der Waals surface area contributed by atoms with Gasteiger partial charge in [-0.1, -0.05) is 12.1 Å². The van der Waals surface area contributed by atoms with Crippen LogP contribution in [0.4, 0.5) is 0 Å². The Bertz CT molecular complexity index is 769. The number of aryl methyl sites for hydroxylation is 1. The largest absolute Gasteiger partial charge is 0.483 e. The zero-order chi connectivity index (χ0) is 18.6. The minimum absolute atomic E-state index is 0.00208. The minimum Gasteiger partial charge on any atom is -0.483 e. The van der Waals surface area contributed by atoms with Gasteiger partial charge in [0.2, 0.25) is 5.91 Å². The van der Waals surface area contributed by atoms with E-state index in [0.717, 1.165) is 43.8 Å². The maximum atomic E-state index is 11.3. The molecule has 8 heteroatoms. The fourth-order valence-electron chi connectivity index (χ4n) is 3.56. The third-order valence-corrected chi connectivity index (χ3v) is 5.13. The number of hydrogen-bond acceptors (Lipinski definition) is 5. The first-order valence-electron chi connectivity index (χ1n) is 8.68. The van der Waals surface area contributed by atoms with Crippen molar-refractivity contribution >= 4 is 23.4 Å². The molecular weight excluding hydrogens is 336 g/mol. The minimum atomic E-state index is -0.250. The molecule has 1 spiro atoms. The van der Waals surface area contributed by atoms with Crippen LogP contribution in [-0.2, 0) is 27.9 Å². The first kappa shape index (κ1) is 18.3. The molecule has 2 aromatic rings. The van der Waals surface area contributed by atoms with Crippen molar-refractivity contribution in [1.29, 1.82) is 0 Å². The molecule has 26 heavy (non-hydrogen) atoms. The molecule has 2 aliphatic rings. The molecule has 0 atom stereocenters. The highest BCUT2D eigenvalue weighted by Crippen LogP contribution is 2.28. The van der Waals surface area contributed by atoms with Crippen LogP contribution in [0.15, 0.2) is 24.3 Å². The number of nitrogens with zero attached hydrogens (tertiary/aromatic N) is 3. The van der Waals surface area contributed by atoms with Crippen molar-refractivity contribution in [3.63, 3.8) is 0 Å². The fraction of sp³-hybridized carbons (Fsp3) is 0.500. The molecule has 0 bridgehead atoms. The second kappa shape index (κ2) is 7.84. The average molecular weight is 360 g/mol. The van der Waals surface area contributed by atoms with Crippen LogP contribution in [0.2, 0.25) is 0 Å². The van der Waals surface area contributed by atoms with Gasteiger partial charge in [-0.3, -0.25) is 14.5 Å². The Morgan fingerprint density at radius 2 is 2.04 bits per heavy atom. The predicted molar refractivity (Wildman–Crippen MR) is 95.6 cm³/mol. The van der Waals surface area contributed by atoms with E-state index in [1.807, 2.05) is 12.1 Å². The number of imidazole rings is 1. The van der Waals surface area contributed by atoms with E-state index in [4.69, 9.17) is 19.6 Å². The van der Waals surface area contributed by atoms with Crippen LogP contribution in [0.25, 0.3) is 11.0 Å². The second-order valence-electron chi connectivity index (χ2n) is 6.71. The van der Waals surface area contributed by atoms with E-state index in [-0.39, 0.29) is 24.6 Å². The van der Waals surface area contributed by atoms with Gasteiger partial charge >= 0.3 is 0 Å². The van der Waals surface area contributed by atoms with Crippen molar-refractivity contribution < 1.29 is 19.4 Å². The van der Waals surface area contributed by atoms with E-state index < -0.39 is 0 Å². The van der Waals surface area contributed by atoms with Crippen molar-refractivity contribution in [1.82, 2.24) is 19.8 Å². The quantitative estimate of drug-likeness (QED) is 0.768. The number of carboxylic acid groups (broad SMARTS) is 1. The smallest absolute Gasteiger partial charge is 0.290 e. The number of morpholine rings is 1. The topological polar surface area (TPSA) is 96.7 Å². The number of likely N-dealkylation sites (tertiary alicyclic amines) is 1. The van der Waals surface area contributed by atoms with Crippen LogP contribution < -0.4 is 5.32 Å². The van der Waals surface area contributed by atoms with Crippen molar-refractivity contribution in [3.8, 4) is 0 Å². The molecule has 3 heterocycles. The van der Waals surface area contributed by atoms with Crippen LogP contribution in [-0.4, -0.2) is 63.8 Å². The highest BCUT2D eigenvalue weighted by atomic mass is 16.5. The molecule has 1 aromatic heterocycles. The Morgan fingerprint density at radius 1 is 1.35 bits per heavy atom. The number of amides is 1. The van der Waals surface area contributed by atoms with Gasteiger partial charge in [0.1, 0.15) is 12.4 Å². The van der Waals surface area contributed by atoms with Gasteiger partial charge in [0.25, 0.3) is 6.47 Å². The normalized spacial score (nSPS) is 19.7. The first-order valence-corrected chi connectivity index (χ1v) is 8.68. The van der Waals surface area contributed by atoms with Crippen LogP contribution in [0.3, 0.4) is 0 Å². The zero-order valence-electron chi connectivity index (χ0n) is 14.9. The second-order valence-corrected chi connectivity index (χ2v) is 6.71. The number of benzene rings is 1. The lowest BCUT2D eigenvalue weighted by Gasteiger charge is -2.43. The van der Waals surface area contributed by atoms with Gasteiger partial charge in [-0.2, -0.15) is 0 Å². The number of rotatable bonds is 2. The Balaban J connectivity index is 0.000000613. The van der Waals surface area contributed by atoms with Gasteiger partial charge in [-0.25, -0.2) is 4.98 Å². The molecule has 4 rings (SSSR count). The molecule has 2 saturated heterocycles. The summed E-state index contributed by atoms with van der Waals surface area (Å²) in [6.45, 7) is 3.39. The number of ether oxygens (including phenoxy) is 1. The number of aromatic nitrogens is 2. The van der Waals surface area contributed by atoms with Gasteiger partial charge in [-0.15, -0.1) is 0 Å². The highest BCUT2D eigenvalue weighted by molar-refractivity contribution is 5.78. The van der Waals surface area contributed by atoms with Crippen molar-refractivity contribution in [2.75, 3.05) is 26.2 Å². The number of para-hydroxylation sites is 2. The Morgan fingerprint density at radius 3 is 2.65 bits per heavy atom. The van der Waals surface area contributed by atoms with Crippen molar-refractivity contribution in [2.45, 2.75) is 25.0 Å². The van der Waals surface area contributed by atoms with Gasteiger partial charge in [0.15, 0.2) is 0 Å². The summed E-state index contributed by atoms with van der Waals surface area (Å²) in [7, 11) is 2.08. The van der Waals surface area contributed by atoms with Gasteiger partial charge in [0, 0.05) is 26.7 Å². The monoisotopic (exact) mass is 360 g/mol. The third kappa shape index (κ3) is 3.86. The Labute approximate surface area is 151 Å². The lowest BCUT2D eigenvalue weighted by molar-refractivity contribution is -0.150. The Hall–Kier alpha value is -2.45. The van der Waals surface area contributed by atoms with E-state index in [2.05, 4.69) is 34.0 Å². The molecule has 2 fully saturated rings. The molecule has 2 aliphatic heterocycles. The van der Waals surface area contributed by atoms with E-state index >= 15 is 0 Å². The number of nitrogens with one attached hydrogen (secondary N) is 1. The summed E-state index contributed by atoms with van der Waals surface area (Å²) >= 11 is 0. The standard InChI is InChI=1S/C17H22N4O2.CH2O2/c1-20-14-5-3-2-4-13(14)19-15(20)10-21-8-6-17(7-9-21)12-18-16(22)11-23-17;2-1-3/h2-5H,6-12H2,1H3,(H,18,22);1H,(H,2,3). The molecule has 8 nitrogen and oxygen atoms in total. The third-order valence-electron chi connectivity index (χ3n) is 5.13. The lowest BCUT2D eigenvalue weighted by Crippen LogP contribution is -2.57. The molecule has 140 valence electrons. The van der Waals surface area contributed by atoms with Crippen LogP contribution in [0, 0.1) is 0 Å². The summed E-state index contributed by atoms with van der Waals surface area (Å²) in [6, 6.07) is 8.24. The fourth-order valence-corrected chi connectivity index (χ4v) is 3.56. The summed E-state index contributed by atoms with van der Waals surface area (Å²) < 4.78 is 8.01. The summed E-state index contributed by atoms with van der Waals surface area (Å²) in [4.78, 5) is 26.8. The van der Waals surface area contributed by atoms with E-state index in [1.54, 1.807) is 0 Å². The number of fused-ring (bicyclic) bond motifs is 1. The summed E-state index contributed by atoms with van der Waals surface area (Å²) in [5, 5.41) is 9.82. The van der Waals surface area contributed by atoms with Crippen molar-refractivity contribution in [3.05, 3.63) is 30.1 Å². The van der Waals surface area contributed by atoms with Gasteiger partial charge in [-0.05, 0) is 25.0 Å². The zero-order valence-corrected chi connectivity index (χ0v) is 14.9. The van der Waals surface area contributed by atoms with Crippen LogP contribution >= 0.6 is 0 Å². The number of piperidine rings is 1. The molecule has 0 saturated carbocycles. The first-order chi connectivity index (χ1) is 12.6. The Kier molecular flexibility index (Phi) is 5.53. The molecule has 1 amide bonds. The van der Waals surface area contributed by atoms with Gasteiger partial charge < -0.3 is 19.7 Å². The molecule has 0 aliphatic carbocycles. The molecule has 0 radical (unpaired) electrons. The summed E-state index contributed by atoms with van der Waals surface area (Å²) in [6.07, 6.45) is 1.91. The van der Waals surface area contributed by atoms with E-state index in [9.17, 15) is 4.79 Å². The summed E-state index contributed by atoms with van der Waals surface area (Å²) in [5.74, 6) is 1.10. The van der Waals surface area contributed by atoms with Crippen LogP contribution in [0.1, 0.15) is 18.7 Å². The average Bonchev–Trinajstić information content (AvgIpc) is 2.97. The van der Waals surface area contributed by atoms with Crippen LogP contribution in [0.5, 0.6) is 0 Å². The SMILES string of the molecule is Cn1c(CN2CCC3(CC2)CNC(=O)CO3)nc2ccccc21.O=CO.